The molecular weight excluding hydrogens is 172 g/mol. The van der Waals surface area contributed by atoms with Gasteiger partial charge in [0.1, 0.15) is 0 Å². The second-order valence-corrected chi connectivity index (χ2v) is 6.11. The van der Waals surface area contributed by atoms with Gasteiger partial charge < -0.3 is 11.1 Å². The smallest absolute Gasteiger partial charge is 0.0138 e. The fourth-order valence-corrected chi connectivity index (χ4v) is 4.62. The number of fused-ring (bicyclic) bond motifs is 5. The van der Waals surface area contributed by atoms with Crippen LogP contribution in [0.1, 0.15) is 32.1 Å². The van der Waals surface area contributed by atoms with E-state index in [4.69, 9.17) is 5.73 Å². The van der Waals surface area contributed by atoms with E-state index >= 15 is 0 Å². The Hall–Kier alpha value is -0.0800. The van der Waals surface area contributed by atoms with Gasteiger partial charge in [0.15, 0.2) is 0 Å². The molecule has 2 nitrogen and oxygen atoms in total. The van der Waals surface area contributed by atoms with Crippen LogP contribution in [0, 0.1) is 23.7 Å². The van der Waals surface area contributed by atoms with Crippen LogP contribution >= 0.6 is 0 Å². The van der Waals surface area contributed by atoms with Crippen LogP contribution in [0.25, 0.3) is 0 Å². The van der Waals surface area contributed by atoms with Gasteiger partial charge in [-0.3, -0.25) is 0 Å². The van der Waals surface area contributed by atoms with Gasteiger partial charge in [-0.25, -0.2) is 0 Å². The summed E-state index contributed by atoms with van der Waals surface area (Å²) in [6, 6.07) is 2.20. The Morgan fingerprint density at radius 3 is 2.14 bits per heavy atom. The molecule has 4 aliphatic rings. The molecule has 4 rings (SSSR count). The molecule has 0 aromatic rings. The zero-order chi connectivity index (χ0) is 9.28. The molecule has 0 spiro atoms. The predicted molar refractivity (Wildman–Crippen MR) is 55.7 cm³/mol. The lowest BCUT2D eigenvalue weighted by molar-refractivity contribution is 0.273. The minimum atomic E-state index is 0.503. The Bertz CT molecular complexity index is 243. The van der Waals surface area contributed by atoms with Gasteiger partial charge in [0, 0.05) is 18.1 Å². The van der Waals surface area contributed by atoms with Crippen molar-refractivity contribution < 1.29 is 0 Å². The molecule has 3 N–H and O–H groups in total. The average molecular weight is 192 g/mol. The monoisotopic (exact) mass is 192 g/mol. The first-order chi connectivity index (χ1) is 6.83. The van der Waals surface area contributed by atoms with Crippen molar-refractivity contribution in [3.63, 3.8) is 0 Å². The standard InChI is InChI=1S/C12H20N2/c13-8-4-9(5-8)14-12-10-6-1-2-7(3-6)11(10)12/h6-12,14H,1-5,13H2. The minimum Gasteiger partial charge on any atom is -0.328 e. The van der Waals surface area contributed by atoms with Gasteiger partial charge >= 0.3 is 0 Å². The van der Waals surface area contributed by atoms with E-state index in [0.29, 0.717) is 6.04 Å². The third kappa shape index (κ3) is 0.938. The first-order valence-corrected chi connectivity index (χ1v) is 6.34. The molecule has 78 valence electrons. The van der Waals surface area contributed by atoms with Gasteiger partial charge in [0.2, 0.25) is 0 Å². The molecule has 4 unspecified atom stereocenters. The molecule has 0 aliphatic heterocycles. The van der Waals surface area contributed by atoms with Crippen LogP contribution in [-0.2, 0) is 0 Å². The van der Waals surface area contributed by atoms with Crippen molar-refractivity contribution in [3.05, 3.63) is 0 Å². The quantitative estimate of drug-likeness (QED) is 0.688. The van der Waals surface area contributed by atoms with Crippen LogP contribution in [-0.4, -0.2) is 18.1 Å². The SMILES string of the molecule is NC1CC(NC2C3C4CCC(C4)C23)C1. The first kappa shape index (κ1) is 8.12. The summed E-state index contributed by atoms with van der Waals surface area (Å²) in [7, 11) is 0. The molecule has 2 heteroatoms. The lowest BCUT2D eigenvalue weighted by Gasteiger charge is -2.34. The van der Waals surface area contributed by atoms with Crippen molar-refractivity contribution in [1.29, 1.82) is 0 Å². The summed E-state index contributed by atoms with van der Waals surface area (Å²) < 4.78 is 0. The zero-order valence-electron chi connectivity index (χ0n) is 8.65. The Balaban J connectivity index is 1.38. The molecule has 4 fully saturated rings. The Labute approximate surface area is 85.6 Å². The topological polar surface area (TPSA) is 38.0 Å². The molecular formula is C12H20N2. The molecule has 0 saturated heterocycles. The van der Waals surface area contributed by atoms with Crippen LogP contribution in [0.3, 0.4) is 0 Å². The summed E-state index contributed by atoms with van der Waals surface area (Å²) in [5, 5.41) is 3.84. The average Bonchev–Trinajstić information content (AvgIpc) is 2.56. The maximum atomic E-state index is 5.81. The van der Waals surface area contributed by atoms with E-state index in [9.17, 15) is 0 Å². The van der Waals surface area contributed by atoms with E-state index in [1.807, 2.05) is 0 Å². The normalized spacial score (nSPS) is 63.6. The highest BCUT2D eigenvalue weighted by molar-refractivity contribution is 5.17. The van der Waals surface area contributed by atoms with Crippen molar-refractivity contribution >= 4 is 0 Å². The highest BCUT2D eigenvalue weighted by atomic mass is 15.1. The maximum Gasteiger partial charge on any atom is 0.0138 e. The summed E-state index contributed by atoms with van der Waals surface area (Å²) in [6.07, 6.45) is 7.09. The van der Waals surface area contributed by atoms with Gasteiger partial charge in [-0.1, -0.05) is 0 Å². The fraction of sp³-hybridized carbons (Fsp3) is 1.00. The van der Waals surface area contributed by atoms with E-state index in [1.165, 1.54) is 25.7 Å². The fourth-order valence-electron chi connectivity index (χ4n) is 4.62. The van der Waals surface area contributed by atoms with Crippen LogP contribution in [0.4, 0.5) is 0 Å². The van der Waals surface area contributed by atoms with Crippen LogP contribution in [0.5, 0.6) is 0 Å². The summed E-state index contributed by atoms with van der Waals surface area (Å²) in [5.74, 6) is 4.39. The van der Waals surface area contributed by atoms with Crippen molar-refractivity contribution in [2.45, 2.75) is 50.2 Å². The molecule has 0 heterocycles. The van der Waals surface area contributed by atoms with Crippen molar-refractivity contribution in [3.8, 4) is 0 Å². The molecule has 2 bridgehead atoms. The van der Waals surface area contributed by atoms with Crippen LogP contribution < -0.4 is 11.1 Å². The number of nitrogens with two attached hydrogens (primary N) is 1. The van der Waals surface area contributed by atoms with E-state index < -0.39 is 0 Å². The molecule has 0 aromatic carbocycles. The highest BCUT2D eigenvalue weighted by Gasteiger charge is 2.65. The Kier molecular flexibility index (Phi) is 1.47. The van der Waals surface area contributed by atoms with Gasteiger partial charge in [0.05, 0.1) is 0 Å². The van der Waals surface area contributed by atoms with Gasteiger partial charge in [-0.2, -0.15) is 0 Å². The first-order valence-electron chi connectivity index (χ1n) is 6.34. The summed E-state index contributed by atoms with van der Waals surface area (Å²) in [6.45, 7) is 0. The van der Waals surface area contributed by atoms with Gasteiger partial charge in [-0.15, -0.1) is 0 Å². The summed E-state index contributed by atoms with van der Waals surface area (Å²) >= 11 is 0. The lowest BCUT2D eigenvalue weighted by atomic mass is 9.87. The van der Waals surface area contributed by atoms with Crippen molar-refractivity contribution in [2.24, 2.45) is 29.4 Å². The third-order valence-electron chi connectivity index (χ3n) is 5.34. The van der Waals surface area contributed by atoms with Gasteiger partial charge in [0.25, 0.3) is 0 Å². The number of rotatable bonds is 2. The number of hydrogen-bond acceptors (Lipinski definition) is 2. The minimum absolute atomic E-state index is 0.503. The second-order valence-electron chi connectivity index (χ2n) is 6.11. The largest absolute Gasteiger partial charge is 0.328 e. The van der Waals surface area contributed by atoms with E-state index in [1.54, 1.807) is 6.42 Å². The summed E-state index contributed by atoms with van der Waals surface area (Å²) in [5.41, 5.74) is 5.81. The molecule has 0 amide bonds. The highest BCUT2D eigenvalue weighted by Crippen LogP contribution is 2.65. The zero-order valence-corrected chi connectivity index (χ0v) is 8.65. The van der Waals surface area contributed by atoms with E-state index in [2.05, 4.69) is 5.32 Å². The molecule has 0 aromatic heterocycles. The third-order valence-corrected chi connectivity index (χ3v) is 5.34. The van der Waals surface area contributed by atoms with Crippen LogP contribution in [0.15, 0.2) is 0 Å². The van der Waals surface area contributed by atoms with Crippen molar-refractivity contribution in [1.82, 2.24) is 5.32 Å². The molecule has 0 radical (unpaired) electrons. The Morgan fingerprint density at radius 1 is 0.929 bits per heavy atom. The second kappa shape index (κ2) is 2.53. The van der Waals surface area contributed by atoms with E-state index in [-0.39, 0.29) is 0 Å². The molecule has 14 heavy (non-hydrogen) atoms. The lowest BCUT2D eigenvalue weighted by Crippen LogP contribution is -2.50. The predicted octanol–water partition coefficient (Wildman–Crippen LogP) is 1.11. The van der Waals surface area contributed by atoms with E-state index in [0.717, 1.165) is 35.8 Å². The number of nitrogens with one attached hydrogen (secondary N) is 1. The maximum absolute atomic E-state index is 5.81. The molecule has 4 aliphatic carbocycles. The van der Waals surface area contributed by atoms with Crippen LogP contribution in [0.2, 0.25) is 0 Å². The summed E-state index contributed by atoms with van der Waals surface area (Å²) in [4.78, 5) is 0. The van der Waals surface area contributed by atoms with Crippen molar-refractivity contribution in [2.75, 3.05) is 0 Å². The van der Waals surface area contributed by atoms with Gasteiger partial charge in [-0.05, 0) is 55.8 Å². The molecule has 4 saturated carbocycles. The Morgan fingerprint density at radius 2 is 1.57 bits per heavy atom. The molecule has 4 atom stereocenters. The number of hydrogen-bond donors (Lipinski definition) is 2.